The Morgan fingerprint density at radius 1 is 0.673 bits per heavy atom. The number of rotatable bonds is 19. The molecule has 1 saturated heterocycles. The number of carboxylic acid groups (broad SMARTS) is 3. The van der Waals surface area contributed by atoms with Crippen molar-refractivity contribution in [3.05, 3.63) is 33.4 Å². The summed E-state index contributed by atoms with van der Waals surface area (Å²) in [6.45, 7) is 2.38. The number of hydrogen-bond donors (Lipinski definition) is 6. The number of benzene rings is 1. The zero-order valence-electron chi connectivity index (χ0n) is 29.7. The van der Waals surface area contributed by atoms with Gasteiger partial charge in [-0.25, -0.2) is 0 Å². The van der Waals surface area contributed by atoms with Crippen LogP contribution in [-0.4, -0.2) is 168 Å². The van der Waals surface area contributed by atoms with Crippen LogP contribution in [0.5, 0.6) is 0 Å². The molecule has 0 aliphatic carbocycles. The molecule has 0 saturated carbocycles. The highest BCUT2D eigenvalue weighted by Gasteiger charge is 2.24. The van der Waals surface area contributed by atoms with Gasteiger partial charge in [-0.1, -0.05) is 12.1 Å². The van der Waals surface area contributed by atoms with Crippen LogP contribution in [0.2, 0.25) is 0 Å². The number of nitrogens with zero attached hydrogens (tertiary/aromatic N) is 4. The van der Waals surface area contributed by atoms with Crippen LogP contribution >= 0.6 is 22.6 Å². The number of halogens is 1. The predicted molar refractivity (Wildman–Crippen MR) is 198 cm³/mol. The van der Waals surface area contributed by atoms with Gasteiger partial charge in [0.25, 0.3) is 0 Å². The molecule has 1 aromatic carbocycles. The molecule has 290 valence electrons. The van der Waals surface area contributed by atoms with Gasteiger partial charge in [-0.3, -0.25) is 58.5 Å². The molecule has 1 aromatic rings. The molecule has 0 spiro atoms. The van der Waals surface area contributed by atoms with E-state index in [0.29, 0.717) is 32.2 Å². The van der Waals surface area contributed by atoms with E-state index in [0.717, 1.165) is 9.99 Å². The molecule has 1 fully saturated rings. The van der Waals surface area contributed by atoms with Crippen LogP contribution in [0.4, 0.5) is 0 Å². The third-order valence-electron chi connectivity index (χ3n) is 8.35. The molecular formula is C34H52IN7O10. The molecule has 17 nitrogen and oxygen atoms in total. The van der Waals surface area contributed by atoms with E-state index in [2.05, 4.69) is 38.5 Å². The topological polar surface area (TPSA) is 229 Å². The third kappa shape index (κ3) is 20.4. The summed E-state index contributed by atoms with van der Waals surface area (Å²) in [4.78, 5) is 91.3. The summed E-state index contributed by atoms with van der Waals surface area (Å²) in [6.07, 6.45) is 3.10. The monoisotopic (exact) mass is 845 g/mol. The Morgan fingerprint density at radius 3 is 1.58 bits per heavy atom. The summed E-state index contributed by atoms with van der Waals surface area (Å²) in [7, 11) is 0. The molecule has 6 N–H and O–H groups in total. The van der Waals surface area contributed by atoms with Crippen molar-refractivity contribution in [2.45, 2.75) is 51.5 Å². The Morgan fingerprint density at radius 2 is 1.13 bits per heavy atom. The van der Waals surface area contributed by atoms with Crippen molar-refractivity contribution >= 4 is 64.1 Å². The summed E-state index contributed by atoms with van der Waals surface area (Å²) in [5.74, 6) is -5.02. The standard InChI is InChI=1S/C34H52IN7O10/c1-25(43)37-34(52)28(6-2-3-12-36-29(44)7-4-5-26-8-10-27(35)11-9-26)38-30(45)21-39-13-15-40(22-31(46)47)17-19-42(24-33(50)51)20-18-41(16-14-39)23-32(48)49/h8-11,28H,2-7,12-24H2,1H3,(H,36,44)(H,38,45)(H,46,47)(H,48,49)(H,50,51)(H,37,43,52)/t28-/m0/s1. The van der Waals surface area contributed by atoms with Crippen molar-refractivity contribution in [2.75, 3.05) is 85.1 Å². The average Bonchev–Trinajstić information content (AvgIpc) is 3.05. The Hall–Kier alpha value is -3.72. The minimum absolute atomic E-state index is 0.0720. The Labute approximate surface area is 317 Å². The van der Waals surface area contributed by atoms with Crippen molar-refractivity contribution in [2.24, 2.45) is 0 Å². The lowest BCUT2D eigenvalue weighted by molar-refractivity contribution is -0.140. The minimum atomic E-state index is -1.06. The molecule has 0 unspecified atom stereocenters. The fourth-order valence-electron chi connectivity index (χ4n) is 5.65. The fraction of sp³-hybridized carbons (Fsp3) is 0.618. The largest absolute Gasteiger partial charge is 0.480 e. The van der Waals surface area contributed by atoms with Gasteiger partial charge >= 0.3 is 17.9 Å². The number of aliphatic carboxylic acids is 3. The van der Waals surface area contributed by atoms with Gasteiger partial charge in [-0.15, -0.1) is 0 Å². The van der Waals surface area contributed by atoms with Crippen LogP contribution in [0.15, 0.2) is 24.3 Å². The molecule has 1 aliphatic heterocycles. The Kier molecular flexibility index (Phi) is 20.9. The highest BCUT2D eigenvalue weighted by Crippen LogP contribution is 2.10. The van der Waals surface area contributed by atoms with E-state index in [-0.39, 0.29) is 90.9 Å². The molecular weight excluding hydrogens is 793 g/mol. The first-order chi connectivity index (χ1) is 24.7. The fourth-order valence-corrected chi connectivity index (χ4v) is 6.01. The number of carbonyl (C=O) groups is 7. The summed E-state index contributed by atoms with van der Waals surface area (Å²) in [6, 6.07) is 7.11. The second-order valence-corrected chi connectivity index (χ2v) is 14.0. The van der Waals surface area contributed by atoms with E-state index >= 15 is 0 Å². The molecule has 1 aliphatic rings. The molecule has 2 rings (SSSR count). The summed E-state index contributed by atoms with van der Waals surface area (Å²) >= 11 is 2.24. The van der Waals surface area contributed by atoms with Gasteiger partial charge in [-0.05, 0) is 72.4 Å². The first-order valence-corrected chi connectivity index (χ1v) is 18.4. The zero-order valence-corrected chi connectivity index (χ0v) is 31.8. The zero-order chi connectivity index (χ0) is 38.5. The Bertz CT molecular complexity index is 1320. The number of carboxylic acids is 3. The summed E-state index contributed by atoms with van der Waals surface area (Å²) in [5.41, 5.74) is 1.17. The maximum absolute atomic E-state index is 13.3. The van der Waals surface area contributed by atoms with Crippen molar-refractivity contribution < 1.29 is 48.9 Å². The van der Waals surface area contributed by atoms with Gasteiger partial charge in [0.15, 0.2) is 0 Å². The smallest absolute Gasteiger partial charge is 0.317 e. The number of amides is 4. The number of nitrogens with one attached hydrogen (secondary N) is 3. The van der Waals surface area contributed by atoms with Crippen LogP contribution < -0.4 is 16.0 Å². The normalized spacial score (nSPS) is 16.1. The lowest BCUT2D eigenvalue weighted by Crippen LogP contribution is -2.52. The highest BCUT2D eigenvalue weighted by atomic mass is 127. The second-order valence-electron chi connectivity index (χ2n) is 12.8. The third-order valence-corrected chi connectivity index (χ3v) is 9.07. The molecule has 0 radical (unpaired) electrons. The molecule has 18 heteroatoms. The summed E-state index contributed by atoms with van der Waals surface area (Å²) < 4.78 is 1.15. The van der Waals surface area contributed by atoms with E-state index in [1.165, 1.54) is 12.5 Å². The van der Waals surface area contributed by atoms with E-state index < -0.39 is 41.7 Å². The van der Waals surface area contributed by atoms with Crippen molar-refractivity contribution in [1.29, 1.82) is 0 Å². The predicted octanol–water partition coefficient (Wildman–Crippen LogP) is -0.477. The number of imide groups is 1. The number of hydrogen-bond acceptors (Lipinski definition) is 11. The van der Waals surface area contributed by atoms with Crippen molar-refractivity contribution in [3.8, 4) is 0 Å². The van der Waals surface area contributed by atoms with Gasteiger partial charge in [0.05, 0.1) is 26.2 Å². The minimum Gasteiger partial charge on any atom is -0.480 e. The quantitative estimate of drug-likeness (QED) is 0.0765. The maximum atomic E-state index is 13.3. The second kappa shape index (κ2) is 24.5. The van der Waals surface area contributed by atoms with Crippen LogP contribution in [0.1, 0.15) is 44.6 Å². The number of carbonyl (C=O) groups excluding carboxylic acids is 4. The molecule has 1 atom stereocenters. The SMILES string of the molecule is CC(=O)NC(=O)[C@H](CCCCNC(=O)CCCc1ccc(I)cc1)NC(=O)CN1CCN(CC(=O)O)CCN(CC(=O)O)CCN(CC(=O)O)CC1. The lowest BCUT2D eigenvalue weighted by Gasteiger charge is -2.33. The molecule has 1 heterocycles. The molecule has 0 bridgehead atoms. The lowest BCUT2D eigenvalue weighted by atomic mass is 10.1. The van der Waals surface area contributed by atoms with Gasteiger partial charge in [0.1, 0.15) is 6.04 Å². The first-order valence-electron chi connectivity index (χ1n) is 17.4. The highest BCUT2D eigenvalue weighted by molar-refractivity contribution is 14.1. The van der Waals surface area contributed by atoms with E-state index in [9.17, 15) is 48.9 Å². The maximum Gasteiger partial charge on any atom is 0.317 e. The Balaban J connectivity index is 1.98. The van der Waals surface area contributed by atoms with E-state index in [1.54, 1.807) is 19.6 Å². The van der Waals surface area contributed by atoms with Crippen LogP contribution in [0, 0.1) is 3.57 Å². The van der Waals surface area contributed by atoms with Crippen LogP contribution in [-0.2, 0) is 40.0 Å². The number of aryl methyl sites for hydroxylation is 1. The summed E-state index contributed by atoms with van der Waals surface area (Å²) in [5, 5.41) is 36.0. The van der Waals surface area contributed by atoms with E-state index in [1.807, 2.05) is 24.3 Å². The first kappa shape index (κ1) is 44.4. The molecule has 0 aromatic heterocycles. The number of unbranched alkanes of at least 4 members (excludes halogenated alkanes) is 1. The van der Waals surface area contributed by atoms with Gasteiger partial charge < -0.3 is 26.0 Å². The van der Waals surface area contributed by atoms with Gasteiger partial charge in [0, 0.05) is 75.8 Å². The van der Waals surface area contributed by atoms with Gasteiger partial charge in [0.2, 0.25) is 23.6 Å². The van der Waals surface area contributed by atoms with Crippen molar-refractivity contribution in [1.82, 2.24) is 35.6 Å². The average molecular weight is 846 g/mol. The van der Waals surface area contributed by atoms with Crippen LogP contribution in [0.3, 0.4) is 0 Å². The van der Waals surface area contributed by atoms with Crippen LogP contribution in [0.25, 0.3) is 0 Å². The van der Waals surface area contributed by atoms with Crippen molar-refractivity contribution in [3.63, 3.8) is 0 Å². The molecule has 4 amide bonds. The van der Waals surface area contributed by atoms with E-state index in [4.69, 9.17) is 0 Å². The van der Waals surface area contributed by atoms with Gasteiger partial charge in [-0.2, -0.15) is 0 Å². The molecule has 52 heavy (non-hydrogen) atoms.